The van der Waals surface area contributed by atoms with Crippen molar-refractivity contribution in [2.24, 2.45) is 5.92 Å². The molecule has 0 aromatic carbocycles. The van der Waals surface area contributed by atoms with Crippen LogP contribution in [0.25, 0.3) is 5.65 Å². The highest BCUT2D eigenvalue weighted by molar-refractivity contribution is 5.38. The van der Waals surface area contributed by atoms with Gasteiger partial charge in [-0.15, -0.1) is 0 Å². The number of fused-ring (bicyclic) bond motifs is 1. The molecule has 1 aliphatic rings. The molecule has 0 bridgehead atoms. The van der Waals surface area contributed by atoms with Crippen molar-refractivity contribution in [2.75, 3.05) is 20.1 Å². The second-order valence-electron chi connectivity index (χ2n) is 5.49. The van der Waals surface area contributed by atoms with Crippen LogP contribution >= 0.6 is 0 Å². The summed E-state index contributed by atoms with van der Waals surface area (Å²) in [5.74, 6) is 1.75. The molecule has 1 aliphatic heterocycles. The quantitative estimate of drug-likeness (QED) is 0.809. The summed E-state index contributed by atoms with van der Waals surface area (Å²) in [5.41, 5.74) is 2.18. The minimum Gasteiger partial charge on any atom is -0.306 e. The molecule has 4 heteroatoms. The van der Waals surface area contributed by atoms with Crippen LogP contribution in [0.1, 0.15) is 24.2 Å². The fourth-order valence-electron chi connectivity index (χ4n) is 2.64. The lowest BCUT2D eigenvalue weighted by atomic mass is 9.94. The molecular formula is C14H20N4. The van der Waals surface area contributed by atoms with E-state index in [1.807, 2.05) is 16.8 Å². The van der Waals surface area contributed by atoms with Gasteiger partial charge < -0.3 is 4.90 Å². The maximum atomic E-state index is 4.61. The van der Waals surface area contributed by atoms with Crippen LogP contribution in [-0.2, 0) is 6.42 Å². The van der Waals surface area contributed by atoms with Crippen LogP contribution in [-0.4, -0.2) is 39.6 Å². The van der Waals surface area contributed by atoms with Gasteiger partial charge in [-0.1, -0.05) is 6.07 Å². The SMILES string of the molecule is Cc1ccc2nc(CC3CCN(C)CC3)nn2c1. The van der Waals surface area contributed by atoms with Crippen LogP contribution in [0.4, 0.5) is 0 Å². The number of aromatic nitrogens is 3. The standard InChI is InChI=1S/C14H20N4/c1-11-3-4-14-15-13(16-18(14)10-11)9-12-5-7-17(2)8-6-12/h3-4,10,12H,5-9H2,1-2H3. The van der Waals surface area contributed by atoms with E-state index in [0.29, 0.717) is 0 Å². The van der Waals surface area contributed by atoms with Crippen LogP contribution < -0.4 is 0 Å². The molecule has 0 radical (unpaired) electrons. The molecule has 0 N–H and O–H groups in total. The molecule has 0 atom stereocenters. The third kappa shape index (κ3) is 2.38. The zero-order valence-electron chi connectivity index (χ0n) is 11.1. The Balaban J connectivity index is 1.74. The van der Waals surface area contributed by atoms with Gasteiger partial charge >= 0.3 is 0 Å². The first-order valence-electron chi connectivity index (χ1n) is 6.71. The zero-order chi connectivity index (χ0) is 12.5. The highest BCUT2D eigenvalue weighted by Gasteiger charge is 2.18. The lowest BCUT2D eigenvalue weighted by molar-refractivity contribution is 0.217. The average molecular weight is 244 g/mol. The van der Waals surface area contributed by atoms with Gasteiger partial charge in [0.05, 0.1) is 0 Å². The van der Waals surface area contributed by atoms with E-state index in [0.717, 1.165) is 23.8 Å². The van der Waals surface area contributed by atoms with Crippen molar-refractivity contribution in [3.8, 4) is 0 Å². The molecule has 96 valence electrons. The number of aryl methyl sites for hydroxylation is 1. The number of rotatable bonds is 2. The number of hydrogen-bond acceptors (Lipinski definition) is 3. The van der Waals surface area contributed by atoms with Crippen LogP contribution in [0.5, 0.6) is 0 Å². The minimum absolute atomic E-state index is 0.750. The van der Waals surface area contributed by atoms with E-state index < -0.39 is 0 Å². The first-order valence-corrected chi connectivity index (χ1v) is 6.71. The fourth-order valence-corrected chi connectivity index (χ4v) is 2.64. The van der Waals surface area contributed by atoms with E-state index in [9.17, 15) is 0 Å². The molecule has 0 spiro atoms. The maximum Gasteiger partial charge on any atom is 0.155 e. The molecule has 0 aliphatic carbocycles. The van der Waals surface area contributed by atoms with Gasteiger partial charge in [0.25, 0.3) is 0 Å². The molecule has 2 aromatic rings. The predicted octanol–water partition coefficient (Wildman–Crippen LogP) is 1.92. The molecule has 1 saturated heterocycles. The Kier molecular flexibility index (Phi) is 3.04. The first-order chi connectivity index (χ1) is 8.70. The van der Waals surface area contributed by atoms with Crippen molar-refractivity contribution < 1.29 is 0 Å². The molecule has 3 heterocycles. The average Bonchev–Trinajstić information content (AvgIpc) is 2.73. The van der Waals surface area contributed by atoms with Crippen molar-refractivity contribution in [3.63, 3.8) is 0 Å². The smallest absolute Gasteiger partial charge is 0.155 e. The highest BCUT2D eigenvalue weighted by atomic mass is 15.3. The van der Waals surface area contributed by atoms with Gasteiger partial charge in [-0.3, -0.25) is 0 Å². The van der Waals surface area contributed by atoms with E-state index in [-0.39, 0.29) is 0 Å². The molecule has 1 fully saturated rings. The maximum absolute atomic E-state index is 4.61. The molecule has 0 saturated carbocycles. The van der Waals surface area contributed by atoms with Crippen LogP contribution in [0.3, 0.4) is 0 Å². The van der Waals surface area contributed by atoms with Gasteiger partial charge in [0, 0.05) is 12.6 Å². The second-order valence-corrected chi connectivity index (χ2v) is 5.49. The molecule has 2 aromatic heterocycles. The molecular weight excluding hydrogens is 224 g/mol. The Morgan fingerprint density at radius 2 is 2.06 bits per heavy atom. The number of likely N-dealkylation sites (tertiary alicyclic amines) is 1. The normalized spacial score (nSPS) is 18.6. The van der Waals surface area contributed by atoms with Gasteiger partial charge in [0.15, 0.2) is 11.5 Å². The lowest BCUT2D eigenvalue weighted by Gasteiger charge is -2.28. The number of hydrogen-bond donors (Lipinski definition) is 0. The zero-order valence-corrected chi connectivity index (χ0v) is 11.1. The van der Waals surface area contributed by atoms with Gasteiger partial charge in [-0.2, -0.15) is 5.10 Å². The van der Waals surface area contributed by atoms with Crippen LogP contribution in [0.2, 0.25) is 0 Å². The van der Waals surface area contributed by atoms with Gasteiger partial charge in [-0.25, -0.2) is 9.50 Å². The summed E-state index contributed by atoms with van der Waals surface area (Å²) in [6, 6.07) is 4.13. The van der Waals surface area contributed by atoms with E-state index in [4.69, 9.17) is 0 Å². The van der Waals surface area contributed by atoms with E-state index in [1.165, 1.54) is 31.5 Å². The molecule has 3 rings (SSSR count). The minimum atomic E-state index is 0.750. The van der Waals surface area contributed by atoms with Crippen molar-refractivity contribution in [1.82, 2.24) is 19.5 Å². The third-order valence-electron chi connectivity index (χ3n) is 3.83. The summed E-state index contributed by atoms with van der Waals surface area (Å²) >= 11 is 0. The second kappa shape index (κ2) is 4.69. The topological polar surface area (TPSA) is 33.4 Å². The number of nitrogens with zero attached hydrogens (tertiary/aromatic N) is 4. The first kappa shape index (κ1) is 11.7. The predicted molar refractivity (Wildman–Crippen MR) is 71.6 cm³/mol. The Morgan fingerprint density at radius 1 is 1.28 bits per heavy atom. The Hall–Kier alpha value is -1.42. The van der Waals surface area contributed by atoms with Crippen molar-refractivity contribution in [3.05, 3.63) is 29.7 Å². The van der Waals surface area contributed by atoms with Crippen molar-refractivity contribution in [2.45, 2.75) is 26.2 Å². The van der Waals surface area contributed by atoms with E-state index >= 15 is 0 Å². The van der Waals surface area contributed by atoms with Gasteiger partial charge in [0.1, 0.15) is 0 Å². The van der Waals surface area contributed by atoms with Crippen molar-refractivity contribution in [1.29, 1.82) is 0 Å². The summed E-state index contributed by atoms with van der Waals surface area (Å²) in [6.45, 7) is 4.49. The number of pyridine rings is 1. The van der Waals surface area contributed by atoms with E-state index in [1.54, 1.807) is 0 Å². The molecule has 18 heavy (non-hydrogen) atoms. The van der Waals surface area contributed by atoms with Crippen LogP contribution in [0, 0.1) is 12.8 Å². The Morgan fingerprint density at radius 3 is 2.83 bits per heavy atom. The molecule has 0 unspecified atom stereocenters. The summed E-state index contributed by atoms with van der Waals surface area (Å²) in [5, 5.41) is 4.58. The third-order valence-corrected chi connectivity index (χ3v) is 3.83. The summed E-state index contributed by atoms with van der Waals surface area (Å²) < 4.78 is 1.90. The van der Waals surface area contributed by atoms with Crippen LogP contribution in [0.15, 0.2) is 18.3 Å². The van der Waals surface area contributed by atoms with E-state index in [2.05, 4.69) is 35.0 Å². The molecule has 4 nitrogen and oxygen atoms in total. The monoisotopic (exact) mass is 244 g/mol. The lowest BCUT2D eigenvalue weighted by Crippen LogP contribution is -2.31. The summed E-state index contributed by atoms with van der Waals surface area (Å²) in [7, 11) is 2.20. The van der Waals surface area contributed by atoms with Crippen molar-refractivity contribution >= 4 is 5.65 Å². The largest absolute Gasteiger partial charge is 0.306 e. The highest BCUT2D eigenvalue weighted by Crippen LogP contribution is 2.19. The Labute approximate surface area is 108 Å². The fraction of sp³-hybridized carbons (Fsp3) is 0.571. The summed E-state index contributed by atoms with van der Waals surface area (Å²) in [4.78, 5) is 7.00. The summed E-state index contributed by atoms with van der Waals surface area (Å²) in [6.07, 6.45) is 5.60. The molecule has 0 amide bonds. The number of piperidine rings is 1. The Bertz CT molecular complexity index is 538. The van der Waals surface area contributed by atoms with Gasteiger partial charge in [-0.05, 0) is 57.5 Å². The van der Waals surface area contributed by atoms with Gasteiger partial charge in [0.2, 0.25) is 0 Å².